The molecule has 26 heavy (non-hydrogen) atoms. The van der Waals surface area contributed by atoms with Gasteiger partial charge >= 0.3 is 0 Å². The number of halogens is 1. The molecule has 6 nitrogen and oxygen atoms in total. The molecule has 0 bridgehead atoms. The molecule has 1 aromatic carbocycles. The molecular formula is C19H22ClN3O3. The lowest BCUT2D eigenvalue weighted by atomic mass is 10.2. The fourth-order valence-electron chi connectivity index (χ4n) is 2.56. The van der Waals surface area contributed by atoms with Crippen LogP contribution in [0.25, 0.3) is 11.2 Å². The number of carbonyl (C=O) groups is 1. The Kier molecular flexibility index (Phi) is 6.97. The molecule has 0 N–H and O–H groups in total. The Morgan fingerprint density at radius 2 is 1.96 bits per heavy atom. The number of nitrogens with zero attached hydrogens (tertiary/aromatic N) is 3. The predicted molar refractivity (Wildman–Crippen MR) is 102 cm³/mol. The smallest absolute Gasteiger partial charge is 0.293 e. The van der Waals surface area contributed by atoms with Crippen LogP contribution in [-0.4, -0.2) is 34.7 Å². The van der Waals surface area contributed by atoms with Crippen molar-refractivity contribution in [1.82, 2.24) is 14.5 Å². The van der Waals surface area contributed by atoms with Crippen molar-refractivity contribution in [3.63, 3.8) is 0 Å². The Bertz CT molecular complexity index is 893. The number of hydrogen-bond acceptors (Lipinski definition) is 5. The highest BCUT2D eigenvalue weighted by Crippen LogP contribution is 2.27. The second kappa shape index (κ2) is 9.20. The largest absolute Gasteiger partial charge is 0.497 e. The van der Waals surface area contributed by atoms with Crippen LogP contribution < -0.4 is 4.74 Å². The normalized spacial score (nSPS) is 10.2. The summed E-state index contributed by atoms with van der Waals surface area (Å²) in [5.41, 5.74) is 5.12. The summed E-state index contributed by atoms with van der Waals surface area (Å²) in [4.78, 5) is 18.1. The number of aromatic nitrogens is 3. The minimum Gasteiger partial charge on any atom is -0.497 e. The third-order valence-corrected chi connectivity index (χ3v) is 4.42. The molecule has 0 aliphatic heterocycles. The van der Waals surface area contributed by atoms with Crippen LogP contribution >= 0.6 is 11.6 Å². The van der Waals surface area contributed by atoms with Crippen molar-refractivity contribution in [1.29, 1.82) is 0 Å². The summed E-state index contributed by atoms with van der Waals surface area (Å²) in [5, 5.41) is 0.721. The van der Waals surface area contributed by atoms with E-state index in [1.54, 1.807) is 26.4 Å². The quantitative estimate of drug-likeness (QED) is 0.632. The zero-order valence-electron chi connectivity index (χ0n) is 15.3. The first-order valence-electron chi connectivity index (χ1n) is 8.17. The molecule has 7 heteroatoms. The van der Waals surface area contributed by atoms with Gasteiger partial charge in [-0.3, -0.25) is 9.78 Å². The van der Waals surface area contributed by atoms with Crippen LogP contribution in [0.1, 0.15) is 23.7 Å². The minimum atomic E-state index is 0.431. The van der Waals surface area contributed by atoms with Crippen molar-refractivity contribution in [3.05, 3.63) is 52.4 Å². The molecule has 138 valence electrons. The van der Waals surface area contributed by atoms with Crippen LogP contribution in [-0.2, 0) is 16.1 Å². The average molecular weight is 376 g/mol. The van der Waals surface area contributed by atoms with Crippen LogP contribution in [0.4, 0.5) is 0 Å². The molecule has 3 aromatic rings. The molecule has 0 fully saturated rings. The number of fused-ring (bicyclic) bond motifs is 1. The minimum absolute atomic E-state index is 0.431. The number of ether oxygens (including phenoxy) is 2. The Morgan fingerprint density at radius 3 is 2.58 bits per heavy atom. The van der Waals surface area contributed by atoms with Crippen LogP contribution in [0.15, 0.2) is 30.6 Å². The molecule has 0 aliphatic carbocycles. The Balaban J connectivity index is 0.000000431. The first-order valence-corrected chi connectivity index (χ1v) is 8.55. The van der Waals surface area contributed by atoms with Gasteiger partial charge in [-0.15, -0.1) is 0 Å². The number of rotatable bonds is 5. The molecule has 0 radical (unpaired) electrons. The summed E-state index contributed by atoms with van der Waals surface area (Å²) < 4.78 is 11.6. The van der Waals surface area contributed by atoms with Gasteiger partial charge in [0.2, 0.25) is 0 Å². The van der Waals surface area contributed by atoms with Crippen LogP contribution in [0, 0.1) is 13.8 Å². The predicted octanol–water partition coefficient (Wildman–Crippen LogP) is 3.94. The molecular weight excluding hydrogens is 354 g/mol. The molecule has 2 heterocycles. The zero-order chi connectivity index (χ0) is 19.1. The van der Waals surface area contributed by atoms with Crippen molar-refractivity contribution in [2.24, 2.45) is 0 Å². The van der Waals surface area contributed by atoms with Gasteiger partial charge in [0.25, 0.3) is 6.47 Å². The standard InChI is InChI=1S/C16H16ClN3O.C3H6O2/c1-10-11(2)20(16-15(10)18-6-7-19-16)9-12-8-13(21-3)4-5-14(12)17;1-2-5-3-4/h4-8H,9H2,1-3H3;3H,2H2,1H3. The number of methoxy groups -OCH3 is 1. The van der Waals surface area contributed by atoms with E-state index in [-0.39, 0.29) is 0 Å². The Morgan fingerprint density at radius 1 is 1.23 bits per heavy atom. The summed E-state index contributed by atoms with van der Waals surface area (Å²) in [5.74, 6) is 0.798. The van der Waals surface area contributed by atoms with E-state index in [4.69, 9.17) is 16.3 Å². The third kappa shape index (κ3) is 4.32. The van der Waals surface area contributed by atoms with E-state index in [0.29, 0.717) is 19.6 Å². The van der Waals surface area contributed by atoms with Gasteiger partial charge in [-0.2, -0.15) is 0 Å². The summed E-state index contributed by atoms with van der Waals surface area (Å²) in [6, 6.07) is 5.67. The molecule has 0 aliphatic rings. The van der Waals surface area contributed by atoms with Gasteiger partial charge < -0.3 is 14.0 Å². The lowest BCUT2D eigenvalue weighted by Gasteiger charge is -2.11. The van der Waals surface area contributed by atoms with Crippen molar-refractivity contribution >= 4 is 29.2 Å². The van der Waals surface area contributed by atoms with Gasteiger partial charge in [-0.05, 0) is 50.1 Å². The van der Waals surface area contributed by atoms with E-state index in [1.165, 1.54) is 0 Å². The number of benzene rings is 1. The second-order valence-electron chi connectivity index (χ2n) is 5.53. The fraction of sp³-hybridized carbons (Fsp3) is 0.316. The highest BCUT2D eigenvalue weighted by atomic mass is 35.5. The summed E-state index contributed by atoms with van der Waals surface area (Å²) in [7, 11) is 1.65. The highest BCUT2D eigenvalue weighted by molar-refractivity contribution is 6.31. The van der Waals surface area contributed by atoms with E-state index in [2.05, 4.69) is 33.1 Å². The lowest BCUT2D eigenvalue weighted by molar-refractivity contribution is -0.128. The molecule has 0 amide bonds. The summed E-state index contributed by atoms with van der Waals surface area (Å²) >= 11 is 6.31. The molecule has 0 saturated heterocycles. The van der Waals surface area contributed by atoms with Crippen molar-refractivity contribution in [2.75, 3.05) is 13.7 Å². The number of aryl methyl sites for hydroxylation is 1. The van der Waals surface area contributed by atoms with Gasteiger partial charge in [-0.25, -0.2) is 4.98 Å². The maximum atomic E-state index is 9.18. The van der Waals surface area contributed by atoms with Crippen molar-refractivity contribution < 1.29 is 14.3 Å². The Hall–Kier alpha value is -2.60. The van der Waals surface area contributed by atoms with E-state index < -0.39 is 0 Å². The third-order valence-electron chi connectivity index (χ3n) is 4.05. The summed E-state index contributed by atoms with van der Waals surface area (Å²) in [6.45, 7) is 7.45. The molecule has 3 rings (SSSR count). The maximum Gasteiger partial charge on any atom is 0.293 e. The topological polar surface area (TPSA) is 66.2 Å². The second-order valence-corrected chi connectivity index (χ2v) is 5.94. The molecule has 0 spiro atoms. The van der Waals surface area contributed by atoms with Crippen LogP contribution in [0.2, 0.25) is 5.02 Å². The first-order chi connectivity index (χ1) is 12.5. The number of carbonyl (C=O) groups excluding carboxylic acids is 1. The van der Waals surface area contributed by atoms with E-state index in [1.807, 2.05) is 18.2 Å². The van der Waals surface area contributed by atoms with Crippen molar-refractivity contribution in [3.8, 4) is 5.75 Å². The van der Waals surface area contributed by atoms with E-state index in [0.717, 1.165) is 38.8 Å². The monoisotopic (exact) mass is 375 g/mol. The molecule has 0 saturated carbocycles. The van der Waals surface area contributed by atoms with Gasteiger partial charge in [0.1, 0.15) is 11.3 Å². The SMILES string of the molecule is CCOC=O.COc1ccc(Cl)c(Cn2c(C)c(C)c3nccnc32)c1. The van der Waals surface area contributed by atoms with Crippen LogP contribution in [0.5, 0.6) is 5.75 Å². The molecule has 0 atom stereocenters. The van der Waals surface area contributed by atoms with E-state index in [9.17, 15) is 4.79 Å². The van der Waals surface area contributed by atoms with E-state index >= 15 is 0 Å². The fourth-order valence-corrected chi connectivity index (χ4v) is 2.73. The Labute approximate surface area is 157 Å². The highest BCUT2D eigenvalue weighted by Gasteiger charge is 2.14. The van der Waals surface area contributed by atoms with Gasteiger partial charge in [0, 0.05) is 23.1 Å². The molecule has 2 aromatic heterocycles. The zero-order valence-corrected chi connectivity index (χ0v) is 16.1. The number of hydrogen-bond donors (Lipinski definition) is 0. The maximum absolute atomic E-state index is 9.18. The van der Waals surface area contributed by atoms with Gasteiger partial charge in [0.15, 0.2) is 5.65 Å². The lowest BCUT2D eigenvalue weighted by Crippen LogP contribution is -2.04. The molecule has 0 unspecified atom stereocenters. The first kappa shape index (κ1) is 19.7. The van der Waals surface area contributed by atoms with Crippen LogP contribution in [0.3, 0.4) is 0 Å². The average Bonchev–Trinajstić information content (AvgIpc) is 2.90. The summed E-state index contributed by atoms with van der Waals surface area (Å²) in [6.07, 6.45) is 3.43. The van der Waals surface area contributed by atoms with Gasteiger partial charge in [0.05, 0.1) is 20.3 Å². The van der Waals surface area contributed by atoms with Crippen molar-refractivity contribution in [2.45, 2.75) is 27.3 Å². The van der Waals surface area contributed by atoms with Gasteiger partial charge in [-0.1, -0.05) is 11.6 Å².